The third-order valence-electron chi connectivity index (χ3n) is 4.72. The predicted molar refractivity (Wildman–Crippen MR) is 97.9 cm³/mol. The van der Waals surface area contributed by atoms with Gasteiger partial charge in [-0.15, -0.1) is 0 Å². The third kappa shape index (κ3) is 3.53. The van der Waals surface area contributed by atoms with Crippen molar-refractivity contribution in [1.29, 1.82) is 0 Å². The molecule has 2 aliphatic heterocycles. The first-order chi connectivity index (χ1) is 13.1. The summed E-state index contributed by atoms with van der Waals surface area (Å²) in [6.07, 6.45) is -0.307. The lowest BCUT2D eigenvalue weighted by atomic mass is 9.99. The number of nitrogens with zero attached hydrogens (tertiary/aromatic N) is 1. The Morgan fingerprint density at radius 2 is 1.96 bits per heavy atom. The molecule has 0 saturated carbocycles. The number of anilines is 1. The van der Waals surface area contributed by atoms with Gasteiger partial charge in [-0.3, -0.25) is 4.79 Å². The van der Waals surface area contributed by atoms with Crippen molar-refractivity contribution in [2.45, 2.75) is 19.1 Å². The summed E-state index contributed by atoms with van der Waals surface area (Å²) in [6, 6.07) is 13.0. The minimum atomic E-state index is -0.720. The van der Waals surface area contributed by atoms with E-state index in [-0.39, 0.29) is 18.6 Å². The van der Waals surface area contributed by atoms with Gasteiger partial charge in [-0.25, -0.2) is 4.79 Å². The van der Waals surface area contributed by atoms with E-state index in [1.807, 2.05) is 30.3 Å². The second-order valence-electron chi connectivity index (χ2n) is 6.48. The summed E-state index contributed by atoms with van der Waals surface area (Å²) < 4.78 is 16.1. The van der Waals surface area contributed by atoms with Gasteiger partial charge in [0.15, 0.2) is 11.5 Å². The first kappa shape index (κ1) is 17.2. The van der Waals surface area contributed by atoms with Crippen molar-refractivity contribution in [2.75, 3.05) is 25.6 Å². The Kier molecular flexibility index (Phi) is 4.58. The Bertz CT molecular complexity index is 882. The number of methoxy groups -OCH3 is 1. The van der Waals surface area contributed by atoms with Crippen LogP contribution in [-0.4, -0.2) is 43.3 Å². The van der Waals surface area contributed by atoms with E-state index >= 15 is 0 Å². The summed E-state index contributed by atoms with van der Waals surface area (Å²) in [7, 11) is 1.37. The summed E-state index contributed by atoms with van der Waals surface area (Å²) in [4.78, 5) is 26.0. The number of amides is 2. The SMILES string of the molecule is COC(=O)N1CCc2ccc(NC(=O)[C@H]3COc4ccccc4O3)cc2C1. The molecule has 0 bridgehead atoms. The highest BCUT2D eigenvalue weighted by molar-refractivity contribution is 5.94. The number of carbonyl (C=O) groups is 2. The van der Waals surface area contributed by atoms with Gasteiger partial charge in [-0.1, -0.05) is 18.2 Å². The first-order valence-electron chi connectivity index (χ1n) is 8.78. The van der Waals surface area contributed by atoms with E-state index in [0.717, 1.165) is 12.0 Å². The molecule has 0 saturated heterocycles. The van der Waals surface area contributed by atoms with Crippen molar-refractivity contribution in [3.8, 4) is 11.5 Å². The molecule has 140 valence electrons. The number of para-hydroxylation sites is 2. The van der Waals surface area contributed by atoms with Gasteiger partial charge in [-0.05, 0) is 41.8 Å². The van der Waals surface area contributed by atoms with E-state index in [2.05, 4.69) is 5.32 Å². The molecule has 0 spiro atoms. The van der Waals surface area contributed by atoms with E-state index in [0.29, 0.717) is 30.3 Å². The van der Waals surface area contributed by atoms with E-state index in [9.17, 15) is 9.59 Å². The second-order valence-corrected chi connectivity index (χ2v) is 6.48. The van der Waals surface area contributed by atoms with Gasteiger partial charge in [0.2, 0.25) is 6.10 Å². The molecule has 1 N–H and O–H groups in total. The monoisotopic (exact) mass is 368 g/mol. The zero-order valence-corrected chi connectivity index (χ0v) is 14.9. The van der Waals surface area contributed by atoms with Crippen LogP contribution in [0.5, 0.6) is 11.5 Å². The van der Waals surface area contributed by atoms with Crippen molar-refractivity contribution in [1.82, 2.24) is 4.90 Å². The molecule has 0 unspecified atom stereocenters. The molecule has 0 aliphatic carbocycles. The molecule has 7 nitrogen and oxygen atoms in total. The zero-order valence-electron chi connectivity index (χ0n) is 14.9. The number of nitrogens with one attached hydrogen (secondary N) is 1. The van der Waals surface area contributed by atoms with E-state index < -0.39 is 6.10 Å². The standard InChI is InChI=1S/C20H20N2O5/c1-25-20(24)22-9-8-13-6-7-15(10-14(13)11-22)21-19(23)18-12-26-16-4-2-3-5-17(16)27-18/h2-7,10,18H,8-9,11-12H2,1H3,(H,21,23)/t18-/m1/s1. The number of ether oxygens (including phenoxy) is 3. The fourth-order valence-corrected chi connectivity index (χ4v) is 3.29. The van der Waals surface area contributed by atoms with Crippen LogP contribution < -0.4 is 14.8 Å². The normalized spacial score (nSPS) is 17.7. The van der Waals surface area contributed by atoms with Crippen LogP contribution in [0.15, 0.2) is 42.5 Å². The van der Waals surface area contributed by atoms with Gasteiger partial charge in [0.1, 0.15) is 6.61 Å². The Hall–Kier alpha value is -3.22. The van der Waals surface area contributed by atoms with Crippen LogP contribution in [0.2, 0.25) is 0 Å². The number of rotatable bonds is 2. The minimum absolute atomic E-state index is 0.157. The molecular formula is C20H20N2O5. The van der Waals surface area contributed by atoms with Crippen LogP contribution >= 0.6 is 0 Å². The fourth-order valence-electron chi connectivity index (χ4n) is 3.29. The third-order valence-corrected chi connectivity index (χ3v) is 4.72. The number of carbonyl (C=O) groups excluding carboxylic acids is 2. The maximum atomic E-state index is 12.6. The van der Waals surface area contributed by atoms with E-state index in [1.54, 1.807) is 17.0 Å². The molecule has 4 rings (SSSR count). The van der Waals surface area contributed by atoms with Gasteiger partial charge < -0.3 is 24.4 Å². The fraction of sp³-hybridized carbons (Fsp3) is 0.300. The Balaban J connectivity index is 1.44. The second kappa shape index (κ2) is 7.19. The summed E-state index contributed by atoms with van der Waals surface area (Å²) in [6.45, 7) is 1.24. The lowest BCUT2D eigenvalue weighted by Crippen LogP contribution is -2.40. The van der Waals surface area contributed by atoms with Crippen LogP contribution in [0.4, 0.5) is 10.5 Å². The topological polar surface area (TPSA) is 77.1 Å². The van der Waals surface area contributed by atoms with Crippen molar-refractivity contribution in [3.63, 3.8) is 0 Å². The smallest absolute Gasteiger partial charge is 0.409 e. The average Bonchev–Trinajstić information content (AvgIpc) is 2.72. The highest BCUT2D eigenvalue weighted by Gasteiger charge is 2.28. The quantitative estimate of drug-likeness (QED) is 0.882. The zero-order chi connectivity index (χ0) is 18.8. The highest BCUT2D eigenvalue weighted by atomic mass is 16.6. The van der Waals surface area contributed by atoms with Crippen LogP contribution in [0.25, 0.3) is 0 Å². The molecule has 2 heterocycles. The summed E-state index contributed by atoms with van der Waals surface area (Å²) in [5.74, 6) is 0.923. The Morgan fingerprint density at radius 1 is 1.15 bits per heavy atom. The maximum absolute atomic E-state index is 12.6. The Labute approximate surface area is 156 Å². The molecule has 0 aromatic heterocycles. The molecule has 2 aromatic carbocycles. The molecular weight excluding hydrogens is 348 g/mol. The molecule has 2 aromatic rings. The summed E-state index contributed by atoms with van der Waals surface area (Å²) in [5.41, 5.74) is 2.82. The van der Waals surface area contributed by atoms with Crippen molar-refractivity contribution in [2.24, 2.45) is 0 Å². The number of hydrogen-bond donors (Lipinski definition) is 1. The minimum Gasteiger partial charge on any atom is -0.485 e. The lowest BCUT2D eigenvalue weighted by molar-refractivity contribution is -0.125. The van der Waals surface area contributed by atoms with Crippen LogP contribution in [0, 0.1) is 0 Å². The number of fused-ring (bicyclic) bond motifs is 2. The van der Waals surface area contributed by atoms with Gasteiger partial charge in [-0.2, -0.15) is 0 Å². The highest BCUT2D eigenvalue weighted by Crippen LogP contribution is 2.31. The van der Waals surface area contributed by atoms with Crippen molar-refractivity contribution in [3.05, 3.63) is 53.6 Å². The van der Waals surface area contributed by atoms with Crippen molar-refractivity contribution < 1.29 is 23.8 Å². The van der Waals surface area contributed by atoms with Crippen LogP contribution in [0.3, 0.4) is 0 Å². The van der Waals surface area contributed by atoms with Crippen LogP contribution in [0.1, 0.15) is 11.1 Å². The molecule has 0 fully saturated rings. The summed E-state index contributed by atoms with van der Waals surface area (Å²) in [5, 5.41) is 2.87. The van der Waals surface area contributed by atoms with E-state index in [4.69, 9.17) is 14.2 Å². The molecule has 0 radical (unpaired) electrons. The van der Waals surface area contributed by atoms with E-state index in [1.165, 1.54) is 12.7 Å². The summed E-state index contributed by atoms with van der Waals surface area (Å²) >= 11 is 0. The Morgan fingerprint density at radius 3 is 2.78 bits per heavy atom. The molecule has 27 heavy (non-hydrogen) atoms. The number of hydrogen-bond acceptors (Lipinski definition) is 5. The van der Waals surface area contributed by atoms with Gasteiger partial charge in [0.05, 0.1) is 7.11 Å². The largest absolute Gasteiger partial charge is 0.485 e. The predicted octanol–water partition coefficient (Wildman–Crippen LogP) is 2.59. The van der Waals surface area contributed by atoms with Crippen LogP contribution in [-0.2, 0) is 22.5 Å². The molecule has 2 amide bonds. The lowest BCUT2D eigenvalue weighted by Gasteiger charge is -2.28. The van der Waals surface area contributed by atoms with Crippen molar-refractivity contribution >= 4 is 17.7 Å². The van der Waals surface area contributed by atoms with Gasteiger partial charge >= 0.3 is 6.09 Å². The maximum Gasteiger partial charge on any atom is 0.409 e. The molecule has 2 aliphatic rings. The number of benzene rings is 2. The van der Waals surface area contributed by atoms with Gasteiger partial charge in [0, 0.05) is 18.8 Å². The average molecular weight is 368 g/mol. The molecule has 7 heteroatoms. The first-order valence-corrected chi connectivity index (χ1v) is 8.78. The van der Waals surface area contributed by atoms with Gasteiger partial charge in [0.25, 0.3) is 5.91 Å². The molecule has 1 atom stereocenters.